The molecule has 0 radical (unpaired) electrons. The van der Waals surface area contributed by atoms with Crippen molar-refractivity contribution in [3.8, 4) is 0 Å². The summed E-state index contributed by atoms with van der Waals surface area (Å²) in [7, 11) is 1.68. The Labute approximate surface area is 105 Å². The fraction of sp³-hybridized carbons (Fsp3) is 1.00. The van der Waals surface area contributed by atoms with Crippen molar-refractivity contribution < 1.29 is 9.47 Å². The van der Waals surface area contributed by atoms with E-state index >= 15 is 0 Å². The highest BCUT2D eigenvalue weighted by Gasteiger charge is 2.41. The molecule has 0 N–H and O–H groups in total. The standard InChI is InChI=1S/C11H20BrNO3/c1-6(15-4)5-9-7(2)10(13-14)8(3)11(12)16-9/h6-11H,5H2,1-4H3/t6-,7+,8-,9+,10+,11?/m0/s1. The average Bonchev–Trinajstić information content (AvgIpc) is 2.26. The molecule has 0 aromatic carbocycles. The fourth-order valence-electron chi connectivity index (χ4n) is 2.15. The molecule has 1 aliphatic rings. The Morgan fingerprint density at radius 2 is 2.06 bits per heavy atom. The third kappa shape index (κ3) is 3.02. The van der Waals surface area contributed by atoms with E-state index in [2.05, 4.69) is 21.1 Å². The van der Waals surface area contributed by atoms with Crippen LogP contribution < -0.4 is 0 Å². The van der Waals surface area contributed by atoms with Crippen LogP contribution in [-0.2, 0) is 9.47 Å². The molecule has 1 fully saturated rings. The minimum atomic E-state index is -0.188. The van der Waals surface area contributed by atoms with Gasteiger partial charge in [-0.05, 0) is 13.3 Å². The molecular formula is C11H20BrNO3. The molecule has 1 aliphatic heterocycles. The van der Waals surface area contributed by atoms with Crippen molar-refractivity contribution in [3.05, 3.63) is 4.91 Å². The molecule has 0 aromatic rings. The lowest BCUT2D eigenvalue weighted by Crippen LogP contribution is -2.46. The zero-order chi connectivity index (χ0) is 12.3. The first-order chi connectivity index (χ1) is 7.51. The molecule has 6 atom stereocenters. The molecule has 0 aliphatic carbocycles. The largest absolute Gasteiger partial charge is 0.382 e. The Hall–Kier alpha value is -0.0000000000000000555. The van der Waals surface area contributed by atoms with Gasteiger partial charge >= 0.3 is 0 Å². The number of halogens is 1. The molecule has 94 valence electrons. The summed E-state index contributed by atoms with van der Waals surface area (Å²) in [5.74, 6) is 0.250. The van der Waals surface area contributed by atoms with Gasteiger partial charge in [-0.15, -0.1) is 0 Å². The fourth-order valence-corrected chi connectivity index (χ4v) is 2.74. The van der Waals surface area contributed by atoms with Crippen LogP contribution in [-0.4, -0.2) is 30.4 Å². The number of alkyl halides is 1. The topological polar surface area (TPSA) is 47.9 Å². The van der Waals surface area contributed by atoms with Crippen molar-refractivity contribution >= 4 is 15.9 Å². The molecule has 0 amide bonds. The molecule has 0 aromatic heterocycles. The predicted octanol–water partition coefficient (Wildman–Crippen LogP) is 2.94. The van der Waals surface area contributed by atoms with Crippen molar-refractivity contribution in [1.82, 2.24) is 0 Å². The highest BCUT2D eigenvalue weighted by Crippen LogP contribution is 2.36. The summed E-state index contributed by atoms with van der Waals surface area (Å²) >= 11 is 3.45. The molecule has 0 bridgehead atoms. The Kier molecular flexibility index (Phi) is 5.34. The first-order valence-corrected chi connectivity index (χ1v) is 6.57. The predicted molar refractivity (Wildman–Crippen MR) is 66.6 cm³/mol. The Balaban J connectivity index is 2.68. The second-order valence-corrected chi connectivity index (χ2v) is 5.52. The quantitative estimate of drug-likeness (QED) is 0.591. The SMILES string of the molecule is CO[C@@H](C)C[C@H]1OC(Br)[C@@H](C)[C@H](N=O)[C@@H]1C. The maximum absolute atomic E-state index is 10.9. The second-order valence-electron chi connectivity index (χ2n) is 4.62. The molecule has 5 heteroatoms. The van der Waals surface area contributed by atoms with E-state index in [0.29, 0.717) is 0 Å². The number of hydrogen-bond acceptors (Lipinski definition) is 4. The summed E-state index contributed by atoms with van der Waals surface area (Å²) in [6.45, 7) is 6.01. The van der Waals surface area contributed by atoms with Crippen molar-refractivity contribution in [2.45, 2.75) is 50.5 Å². The molecular weight excluding hydrogens is 274 g/mol. The van der Waals surface area contributed by atoms with Gasteiger partial charge in [0.2, 0.25) is 0 Å². The normalized spacial score (nSPS) is 41.7. The molecule has 1 rings (SSSR count). The summed E-state index contributed by atoms with van der Waals surface area (Å²) in [5.41, 5.74) is 0. The van der Waals surface area contributed by atoms with Crippen LogP contribution in [0.4, 0.5) is 0 Å². The zero-order valence-electron chi connectivity index (χ0n) is 10.2. The lowest BCUT2D eigenvalue weighted by Gasteiger charge is -2.40. The van der Waals surface area contributed by atoms with E-state index in [0.717, 1.165) is 6.42 Å². The molecule has 1 unspecified atom stereocenters. The monoisotopic (exact) mass is 293 g/mol. The number of nitrogens with zero attached hydrogens (tertiary/aromatic N) is 1. The van der Waals surface area contributed by atoms with Crippen LogP contribution in [0.5, 0.6) is 0 Å². The lowest BCUT2D eigenvalue weighted by atomic mass is 9.83. The highest BCUT2D eigenvalue weighted by molar-refractivity contribution is 9.09. The van der Waals surface area contributed by atoms with E-state index in [9.17, 15) is 4.91 Å². The summed E-state index contributed by atoms with van der Waals surface area (Å²) in [4.78, 5) is 10.9. The van der Waals surface area contributed by atoms with Gasteiger partial charge in [-0.25, -0.2) is 0 Å². The summed E-state index contributed by atoms with van der Waals surface area (Å²) in [6, 6.07) is -0.188. The third-order valence-corrected chi connectivity index (χ3v) is 4.52. The second kappa shape index (κ2) is 6.07. The van der Waals surface area contributed by atoms with Gasteiger partial charge in [-0.2, -0.15) is 4.91 Å². The number of methoxy groups -OCH3 is 1. The van der Waals surface area contributed by atoms with Gasteiger partial charge in [0.1, 0.15) is 11.1 Å². The number of hydrogen-bond donors (Lipinski definition) is 0. The smallest absolute Gasteiger partial charge is 0.117 e. The van der Waals surface area contributed by atoms with Gasteiger partial charge in [0.05, 0.1) is 12.2 Å². The molecule has 1 saturated heterocycles. The highest BCUT2D eigenvalue weighted by atomic mass is 79.9. The van der Waals surface area contributed by atoms with Crippen LogP contribution in [0.25, 0.3) is 0 Å². The maximum Gasteiger partial charge on any atom is 0.117 e. The number of nitroso groups, excluding NO2 is 1. The van der Waals surface area contributed by atoms with Gasteiger partial charge in [-0.1, -0.05) is 35.0 Å². The molecule has 4 nitrogen and oxygen atoms in total. The Bertz CT molecular complexity index is 237. The minimum absolute atomic E-state index is 0.0261. The third-order valence-electron chi connectivity index (χ3n) is 3.47. The molecule has 16 heavy (non-hydrogen) atoms. The molecule has 0 spiro atoms. The van der Waals surface area contributed by atoms with Gasteiger partial charge < -0.3 is 9.47 Å². The van der Waals surface area contributed by atoms with Crippen LogP contribution in [0.1, 0.15) is 27.2 Å². The minimum Gasteiger partial charge on any atom is -0.382 e. The van der Waals surface area contributed by atoms with Crippen LogP contribution in [0.2, 0.25) is 0 Å². The van der Waals surface area contributed by atoms with Crippen molar-refractivity contribution in [2.75, 3.05) is 7.11 Å². The van der Waals surface area contributed by atoms with E-state index in [-0.39, 0.29) is 35.1 Å². The Morgan fingerprint density at radius 3 is 2.56 bits per heavy atom. The van der Waals surface area contributed by atoms with Gasteiger partial charge in [0.25, 0.3) is 0 Å². The average molecular weight is 294 g/mol. The van der Waals surface area contributed by atoms with E-state index in [1.807, 2.05) is 20.8 Å². The summed E-state index contributed by atoms with van der Waals surface area (Å²) in [5, 5.41) is 3.15. The lowest BCUT2D eigenvalue weighted by molar-refractivity contribution is -0.0915. The van der Waals surface area contributed by atoms with Crippen LogP contribution in [0.3, 0.4) is 0 Å². The summed E-state index contributed by atoms with van der Waals surface area (Å²) in [6.07, 6.45) is 0.949. The van der Waals surface area contributed by atoms with E-state index in [1.54, 1.807) is 7.11 Å². The molecule has 1 heterocycles. The van der Waals surface area contributed by atoms with Crippen molar-refractivity contribution in [3.63, 3.8) is 0 Å². The van der Waals surface area contributed by atoms with E-state index in [1.165, 1.54) is 0 Å². The molecule has 0 saturated carbocycles. The van der Waals surface area contributed by atoms with Gasteiger partial charge in [-0.3, -0.25) is 0 Å². The summed E-state index contributed by atoms with van der Waals surface area (Å²) < 4.78 is 11.1. The Morgan fingerprint density at radius 1 is 1.44 bits per heavy atom. The van der Waals surface area contributed by atoms with Crippen LogP contribution in [0, 0.1) is 16.7 Å². The number of ether oxygens (including phenoxy) is 2. The first-order valence-electron chi connectivity index (χ1n) is 5.66. The van der Waals surface area contributed by atoms with E-state index < -0.39 is 0 Å². The van der Waals surface area contributed by atoms with Crippen molar-refractivity contribution in [1.29, 1.82) is 0 Å². The van der Waals surface area contributed by atoms with Gasteiger partial charge in [0, 0.05) is 18.9 Å². The first kappa shape index (κ1) is 14.1. The van der Waals surface area contributed by atoms with Crippen LogP contribution >= 0.6 is 15.9 Å². The number of rotatable bonds is 4. The zero-order valence-corrected chi connectivity index (χ0v) is 11.8. The maximum atomic E-state index is 10.9. The van der Waals surface area contributed by atoms with Crippen LogP contribution in [0.15, 0.2) is 5.18 Å². The van der Waals surface area contributed by atoms with Gasteiger partial charge in [0.15, 0.2) is 0 Å². The van der Waals surface area contributed by atoms with Crippen molar-refractivity contribution in [2.24, 2.45) is 17.0 Å². The van der Waals surface area contributed by atoms with E-state index in [4.69, 9.17) is 9.47 Å².